The van der Waals surface area contributed by atoms with E-state index in [1.54, 1.807) is 23.9 Å². The topological polar surface area (TPSA) is 140 Å². The molecule has 0 spiro atoms. The Morgan fingerprint density at radius 2 is 2.05 bits per heavy atom. The number of benzene rings is 2. The van der Waals surface area contributed by atoms with E-state index >= 15 is 0 Å². The third-order valence-corrected chi connectivity index (χ3v) is 6.68. The predicted molar refractivity (Wildman–Crippen MR) is 145 cm³/mol. The van der Waals surface area contributed by atoms with Gasteiger partial charge in [-0.1, -0.05) is 6.07 Å². The number of ether oxygens (including phenoxy) is 1. The van der Waals surface area contributed by atoms with Crippen LogP contribution in [-0.4, -0.2) is 64.9 Å². The normalized spacial score (nSPS) is 15.3. The minimum atomic E-state index is -0.576. The minimum Gasteiger partial charge on any atom is -0.496 e. The Balaban J connectivity index is 1.60. The van der Waals surface area contributed by atoms with E-state index in [1.807, 2.05) is 6.20 Å². The summed E-state index contributed by atoms with van der Waals surface area (Å²) >= 11 is 0. The number of nitrogens with two attached hydrogens (primary N) is 1. The second-order valence-corrected chi connectivity index (χ2v) is 9.35. The summed E-state index contributed by atoms with van der Waals surface area (Å²) in [6.45, 7) is 1.31. The van der Waals surface area contributed by atoms with Crippen LogP contribution < -0.4 is 26.0 Å². The lowest BCUT2D eigenvalue weighted by Gasteiger charge is -2.34. The van der Waals surface area contributed by atoms with Crippen molar-refractivity contribution in [1.82, 2.24) is 25.1 Å². The van der Waals surface area contributed by atoms with Gasteiger partial charge in [0.25, 0.3) is 11.8 Å². The van der Waals surface area contributed by atoms with Crippen molar-refractivity contribution in [3.8, 4) is 17.1 Å². The van der Waals surface area contributed by atoms with Crippen molar-refractivity contribution in [1.29, 1.82) is 0 Å². The van der Waals surface area contributed by atoms with E-state index in [-0.39, 0.29) is 34.8 Å². The number of amides is 2. The molecule has 12 heteroatoms. The van der Waals surface area contributed by atoms with E-state index in [2.05, 4.69) is 30.6 Å². The smallest absolute Gasteiger partial charge is 0.274 e. The fraction of sp³-hybridized carbons (Fsp3) is 0.296. The van der Waals surface area contributed by atoms with E-state index in [9.17, 15) is 14.0 Å². The number of fused-ring (bicyclic) bond motifs is 1. The first-order valence-electron chi connectivity index (χ1n) is 12.5. The highest BCUT2D eigenvalue weighted by Gasteiger charge is 2.27. The van der Waals surface area contributed by atoms with Crippen LogP contribution in [0.15, 0.2) is 42.7 Å². The number of aryl methyl sites for hydroxylation is 1. The fourth-order valence-electron chi connectivity index (χ4n) is 4.93. The van der Waals surface area contributed by atoms with Crippen LogP contribution in [0.2, 0.25) is 0 Å². The molecule has 0 radical (unpaired) electrons. The number of carbonyl (C=O) groups is 2. The number of anilines is 2. The predicted octanol–water partition coefficient (Wildman–Crippen LogP) is 2.72. The summed E-state index contributed by atoms with van der Waals surface area (Å²) in [5.41, 5.74) is 8.32. The van der Waals surface area contributed by atoms with Gasteiger partial charge in [0.1, 0.15) is 22.8 Å². The number of piperidine rings is 1. The van der Waals surface area contributed by atoms with Crippen LogP contribution >= 0.6 is 0 Å². The van der Waals surface area contributed by atoms with Crippen LogP contribution in [0.3, 0.4) is 0 Å². The van der Waals surface area contributed by atoms with Crippen LogP contribution in [0.25, 0.3) is 22.3 Å². The lowest BCUT2D eigenvalue weighted by atomic mass is 10.0. The summed E-state index contributed by atoms with van der Waals surface area (Å²) in [7, 11) is 4.73. The molecule has 1 fully saturated rings. The molecule has 3 heterocycles. The lowest BCUT2D eigenvalue weighted by Crippen LogP contribution is -2.43. The van der Waals surface area contributed by atoms with Crippen LogP contribution in [0.1, 0.15) is 33.7 Å². The molecular weight excluding hydrogens is 503 g/mol. The number of rotatable bonds is 6. The molecule has 0 saturated carbocycles. The molecular formula is C27H29FN8O3. The highest BCUT2D eigenvalue weighted by atomic mass is 19.1. The van der Waals surface area contributed by atoms with Crippen molar-refractivity contribution >= 4 is 34.1 Å². The van der Waals surface area contributed by atoms with Crippen molar-refractivity contribution in [3.63, 3.8) is 0 Å². The second kappa shape index (κ2) is 10.7. The van der Waals surface area contributed by atoms with Gasteiger partial charge in [0.15, 0.2) is 5.82 Å². The first-order chi connectivity index (χ1) is 18.8. The Bertz CT molecular complexity index is 1570. The van der Waals surface area contributed by atoms with Gasteiger partial charge in [0.05, 0.1) is 29.6 Å². The Morgan fingerprint density at radius 1 is 1.23 bits per heavy atom. The van der Waals surface area contributed by atoms with Crippen LogP contribution in [0.5, 0.6) is 5.75 Å². The average molecular weight is 533 g/mol. The Kier molecular flexibility index (Phi) is 7.11. The molecule has 0 aliphatic carbocycles. The Labute approximate surface area is 224 Å². The molecule has 11 nitrogen and oxygen atoms in total. The quantitative estimate of drug-likeness (QED) is 0.344. The summed E-state index contributed by atoms with van der Waals surface area (Å²) in [4.78, 5) is 36.9. The molecule has 1 atom stereocenters. The molecule has 0 bridgehead atoms. The highest BCUT2D eigenvalue weighted by molar-refractivity contribution is 6.15. The summed E-state index contributed by atoms with van der Waals surface area (Å²) in [6, 6.07) is 7.39. The van der Waals surface area contributed by atoms with Crippen LogP contribution in [0, 0.1) is 5.82 Å². The largest absolute Gasteiger partial charge is 0.496 e. The van der Waals surface area contributed by atoms with E-state index in [0.717, 1.165) is 25.1 Å². The van der Waals surface area contributed by atoms with Gasteiger partial charge < -0.3 is 26.0 Å². The van der Waals surface area contributed by atoms with Gasteiger partial charge in [-0.05, 0) is 37.1 Å². The molecule has 2 aromatic heterocycles. The number of carbonyl (C=O) groups excluding carboxylic acids is 2. The Hall–Kier alpha value is -4.58. The fourth-order valence-corrected chi connectivity index (χ4v) is 4.93. The van der Waals surface area contributed by atoms with Crippen molar-refractivity contribution in [2.45, 2.75) is 18.9 Å². The zero-order valence-corrected chi connectivity index (χ0v) is 21.9. The third-order valence-electron chi connectivity index (χ3n) is 6.68. The molecule has 2 aromatic carbocycles. The summed E-state index contributed by atoms with van der Waals surface area (Å²) in [5, 5.41) is 10.8. The number of halogens is 1. The number of nitrogens with one attached hydrogen (secondary N) is 2. The summed E-state index contributed by atoms with van der Waals surface area (Å²) in [5.74, 6) is -1.22. The average Bonchev–Trinajstić information content (AvgIpc) is 3.32. The lowest BCUT2D eigenvalue weighted by molar-refractivity contribution is 0.0962. The molecule has 5 rings (SSSR count). The maximum Gasteiger partial charge on any atom is 0.274 e. The highest BCUT2D eigenvalue weighted by Crippen LogP contribution is 2.38. The van der Waals surface area contributed by atoms with E-state index in [4.69, 9.17) is 10.5 Å². The van der Waals surface area contributed by atoms with Gasteiger partial charge in [-0.2, -0.15) is 5.10 Å². The van der Waals surface area contributed by atoms with Crippen molar-refractivity contribution in [2.24, 2.45) is 12.8 Å². The summed E-state index contributed by atoms with van der Waals surface area (Å²) < 4.78 is 21.6. The molecule has 1 aliphatic rings. The monoisotopic (exact) mass is 532 g/mol. The number of hydrogen-bond donors (Lipinski definition) is 3. The maximum absolute atomic E-state index is 14.7. The number of methoxy groups -OCH3 is 1. The molecule has 39 heavy (non-hydrogen) atoms. The van der Waals surface area contributed by atoms with Crippen LogP contribution in [0.4, 0.5) is 15.8 Å². The first kappa shape index (κ1) is 26.0. The molecule has 4 aromatic rings. The molecule has 1 aliphatic heterocycles. The van der Waals surface area contributed by atoms with Gasteiger partial charge >= 0.3 is 0 Å². The first-order valence-corrected chi connectivity index (χ1v) is 12.5. The van der Waals surface area contributed by atoms with Gasteiger partial charge in [-0.25, -0.2) is 14.4 Å². The zero-order valence-electron chi connectivity index (χ0n) is 21.9. The number of aromatic nitrogens is 4. The van der Waals surface area contributed by atoms with Gasteiger partial charge in [-0.15, -0.1) is 0 Å². The van der Waals surface area contributed by atoms with Crippen molar-refractivity contribution < 1.29 is 18.7 Å². The van der Waals surface area contributed by atoms with Crippen LogP contribution in [-0.2, 0) is 7.05 Å². The van der Waals surface area contributed by atoms with E-state index in [0.29, 0.717) is 28.7 Å². The molecule has 4 N–H and O–H groups in total. The molecule has 1 saturated heterocycles. The second-order valence-electron chi connectivity index (χ2n) is 9.35. The van der Waals surface area contributed by atoms with E-state index < -0.39 is 11.7 Å². The zero-order chi connectivity index (χ0) is 27.7. The standard InChI is InChI=1S/C27H29FN8O3/c1-30-26(37)16-12-20(24(17-14-35(2)34-23(16)17)36-11-5-6-15(29)13-36)33-27(38)19-9-10-31-25(32-19)22-18(28)7-4-8-21(22)39-3/h4,7-10,12,14-15H,5-6,11,13,29H2,1-3H3,(H,30,37)(H,33,38). The third kappa shape index (κ3) is 4.98. The molecule has 202 valence electrons. The SMILES string of the molecule is CNC(=O)c1cc(NC(=O)c2ccnc(-c3c(F)cccc3OC)n2)c(N2CCCC(N)C2)c2cn(C)nc12. The summed E-state index contributed by atoms with van der Waals surface area (Å²) in [6.07, 6.45) is 4.98. The molecule has 1 unspecified atom stereocenters. The number of hydrogen-bond acceptors (Lipinski definition) is 8. The van der Waals surface area contributed by atoms with Crippen molar-refractivity contribution in [3.05, 3.63) is 59.8 Å². The van der Waals surface area contributed by atoms with Gasteiger partial charge in [-0.3, -0.25) is 14.3 Å². The van der Waals surface area contributed by atoms with Crippen molar-refractivity contribution in [2.75, 3.05) is 37.5 Å². The Morgan fingerprint density at radius 3 is 2.79 bits per heavy atom. The van der Waals surface area contributed by atoms with Gasteiger partial charge in [0, 0.05) is 51.0 Å². The van der Waals surface area contributed by atoms with E-state index in [1.165, 1.54) is 38.6 Å². The number of nitrogens with zero attached hydrogens (tertiary/aromatic N) is 5. The molecule has 2 amide bonds. The van der Waals surface area contributed by atoms with Gasteiger partial charge in [0.2, 0.25) is 0 Å². The minimum absolute atomic E-state index is 0.00795. The maximum atomic E-state index is 14.7.